The number of aromatic nitrogens is 2. The van der Waals surface area contributed by atoms with Crippen molar-refractivity contribution in [3.8, 4) is 0 Å². The Labute approximate surface area is 88.9 Å². The molecule has 0 aromatic carbocycles. The van der Waals surface area contributed by atoms with Crippen molar-refractivity contribution in [3.63, 3.8) is 0 Å². The summed E-state index contributed by atoms with van der Waals surface area (Å²) in [6.45, 7) is 0. The lowest BCUT2D eigenvalue weighted by Crippen LogP contribution is -2.13. The maximum Gasteiger partial charge on any atom is 0.223 e. The van der Waals surface area contributed by atoms with Gasteiger partial charge in [-0.1, -0.05) is 0 Å². The molecule has 72 valence electrons. The van der Waals surface area contributed by atoms with Crippen molar-refractivity contribution in [2.75, 3.05) is 0 Å². The average molecular weight is 254 g/mol. The fourth-order valence-electron chi connectivity index (χ4n) is 1.28. The number of rotatable bonds is 2. The highest BCUT2D eigenvalue weighted by Gasteiger charge is 2.04. The first-order valence-electron chi connectivity index (χ1n) is 4.06. The van der Waals surface area contributed by atoms with Crippen LogP contribution in [0.4, 0.5) is 0 Å². The normalized spacial score (nSPS) is 10.6. The van der Waals surface area contributed by atoms with Gasteiger partial charge in [-0.2, -0.15) is 0 Å². The van der Waals surface area contributed by atoms with E-state index in [-0.39, 0.29) is 12.3 Å². The van der Waals surface area contributed by atoms with Gasteiger partial charge in [0, 0.05) is 16.9 Å². The molecule has 2 heterocycles. The third kappa shape index (κ3) is 1.77. The maximum atomic E-state index is 10.7. The van der Waals surface area contributed by atoms with Crippen LogP contribution in [0.3, 0.4) is 0 Å². The fraction of sp³-hybridized carbons (Fsp3) is 0.111. The highest BCUT2D eigenvalue weighted by Crippen LogP contribution is 2.12. The van der Waals surface area contributed by atoms with Gasteiger partial charge < -0.3 is 10.1 Å². The van der Waals surface area contributed by atoms with Gasteiger partial charge in [0.15, 0.2) is 0 Å². The second-order valence-electron chi connectivity index (χ2n) is 2.99. The van der Waals surface area contributed by atoms with E-state index in [4.69, 9.17) is 5.73 Å². The van der Waals surface area contributed by atoms with Crippen molar-refractivity contribution in [1.82, 2.24) is 9.38 Å². The number of hydrogen-bond acceptors (Lipinski definition) is 2. The topological polar surface area (TPSA) is 60.4 Å². The summed E-state index contributed by atoms with van der Waals surface area (Å²) >= 11 is 3.35. The van der Waals surface area contributed by atoms with Crippen LogP contribution >= 0.6 is 15.9 Å². The number of fused-ring (bicyclic) bond motifs is 1. The summed E-state index contributed by atoms with van der Waals surface area (Å²) in [5.41, 5.74) is 6.58. The molecule has 0 unspecified atom stereocenters. The lowest BCUT2D eigenvalue weighted by atomic mass is 10.3. The molecule has 2 N–H and O–H groups in total. The Bertz CT molecular complexity index is 492. The third-order valence-corrected chi connectivity index (χ3v) is 2.29. The first-order valence-corrected chi connectivity index (χ1v) is 4.86. The molecule has 1 amide bonds. The number of hydrogen-bond donors (Lipinski definition) is 1. The summed E-state index contributed by atoms with van der Waals surface area (Å²) in [4.78, 5) is 14.9. The fourth-order valence-corrected chi connectivity index (χ4v) is 1.63. The molecule has 0 saturated carbocycles. The van der Waals surface area contributed by atoms with Gasteiger partial charge in [-0.05, 0) is 28.1 Å². The van der Waals surface area contributed by atoms with E-state index in [9.17, 15) is 4.79 Å². The SMILES string of the molecule is NC(=O)Cc1cn2cc(Br)ccc2n1. The monoisotopic (exact) mass is 253 g/mol. The summed E-state index contributed by atoms with van der Waals surface area (Å²) in [6.07, 6.45) is 3.86. The molecule has 4 nitrogen and oxygen atoms in total. The molecule has 2 rings (SSSR count). The summed E-state index contributed by atoms with van der Waals surface area (Å²) in [7, 11) is 0. The van der Waals surface area contributed by atoms with Gasteiger partial charge >= 0.3 is 0 Å². The Morgan fingerprint density at radius 3 is 3.00 bits per heavy atom. The molecule has 14 heavy (non-hydrogen) atoms. The number of primary amides is 1. The van der Waals surface area contributed by atoms with Gasteiger partial charge in [0.2, 0.25) is 5.91 Å². The Morgan fingerprint density at radius 1 is 1.50 bits per heavy atom. The van der Waals surface area contributed by atoms with Gasteiger partial charge in [0.25, 0.3) is 0 Å². The third-order valence-electron chi connectivity index (χ3n) is 1.82. The van der Waals surface area contributed by atoms with E-state index in [1.54, 1.807) is 6.20 Å². The average Bonchev–Trinajstić information content (AvgIpc) is 2.44. The minimum absolute atomic E-state index is 0.180. The number of pyridine rings is 1. The van der Waals surface area contributed by atoms with Crippen LogP contribution in [0.25, 0.3) is 5.65 Å². The summed E-state index contributed by atoms with van der Waals surface area (Å²) in [6, 6.07) is 3.77. The molecule has 0 fully saturated rings. The van der Waals surface area contributed by atoms with E-state index in [0.29, 0.717) is 5.69 Å². The van der Waals surface area contributed by atoms with Crippen LogP contribution in [0.2, 0.25) is 0 Å². The summed E-state index contributed by atoms with van der Waals surface area (Å²) in [5.74, 6) is -0.368. The van der Waals surface area contributed by atoms with Crippen molar-refractivity contribution in [2.24, 2.45) is 5.73 Å². The smallest absolute Gasteiger partial charge is 0.223 e. The largest absolute Gasteiger partial charge is 0.369 e. The van der Waals surface area contributed by atoms with Crippen molar-refractivity contribution < 1.29 is 4.79 Å². The number of carbonyl (C=O) groups excluding carboxylic acids is 1. The molecule has 2 aromatic heterocycles. The molecule has 2 aromatic rings. The number of amides is 1. The van der Waals surface area contributed by atoms with E-state index >= 15 is 0 Å². The minimum atomic E-state index is -0.368. The van der Waals surface area contributed by atoms with E-state index in [1.165, 1.54) is 0 Å². The molecule has 0 saturated heterocycles. The van der Waals surface area contributed by atoms with E-state index in [2.05, 4.69) is 20.9 Å². The minimum Gasteiger partial charge on any atom is -0.369 e. The zero-order valence-electron chi connectivity index (χ0n) is 7.27. The zero-order valence-corrected chi connectivity index (χ0v) is 8.86. The quantitative estimate of drug-likeness (QED) is 0.873. The molecule has 0 spiro atoms. The number of nitrogens with zero attached hydrogens (tertiary/aromatic N) is 2. The second-order valence-corrected chi connectivity index (χ2v) is 3.90. The van der Waals surface area contributed by atoms with Gasteiger partial charge in [0.05, 0.1) is 12.1 Å². The second kappa shape index (κ2) is 3.42. The van der Waals surface area contributed by atoms with Gasteiger partial charge in [0.1, 0.15) is 5.65 Å². The Kier molecular flexibility index (Phi) is 2.25. The number of imidazole rings is 1. The molecule has 0 aliphatic carbocycles. The Morgan fingerprint density at radius 2 is 2.29 bits per heavy atom. The molecular weight excluding hydrogens is 246 g/mol. The molecule has 0 bridgehead atoms. The van der Waals surface area contributed by atoms with Gasteiger partial charge in [-0.3, -0.25) is 4.79 Å². The van der Waals surface area contributed by atoms with E-state index in [0.717, 1.165) is 10.1 Å². The van der Waals surface area contributed by atoms with Crippen LogP contribution < -0.4 is 5.73 Å². The van der Waals surface area contributed by atoms with Crippen molar-refractivity contribution >= 4 is 27.5 Å². The number of nitrogens with two attached hydrogens (primary N) is 1. The Hall–Kier alpha value is -1.36. The molecule has 5 heteroatoms. The molecule has 0 aliphatic rings. The first kappa shape index (κ1) is 9.21. The first-order chi connectivity index (χ1) is 6.65. The van der Waals surface area contributed by atoms with Gasteiger partial charge in [-0.25, -0.2) is 4.98 Å². The van der Waals surface area contributed by atoms with E-state index < -0.39 is 0 Å². The van der Waals surface area contributed by atoms with Crippen molar-refractivity contribution in [3.05, 3.63) is 34.7 Å². The van der Waals surface area contributed by atoms with Crippen LogP contribution in [-0.2, 0) is 11.2 Å². The zero-order chi connectivity index (χ0) is 10.1. The highest BCUT2D eigenvalue weighted by atomic mass is 79.9. The number of carbonyl (C=O) groups is 1. The van der Waals surface area contributed by atoms with E-state index in [1.807, 2.05) is 22.7 Å². The van der Waals surface area contributed by atoms with Crippen LogP contribution in [0.1, 0.15) is 5.69 Å². The molecule has 0 atom stereocenters. The highest BCUT2D eigenvalue weighted by molar-refractivity contribution is 9.10. The molecular formula is C9H8BrN3O. The standard InChI is InChI=1S/C9H8BrN3O/c10-6-1-2-9-12-7(3-8(11)14)5-13(9)4-6/h1-2,4-5H,3H2,(H2,11,14). The lowest BCUT2D eigenvalue weighted by molar-refractivity contribution is -0.117. The predicted octanol–water partition coefficient (Wildman–Crippen LogP) is 1.12. The Balaban J connectivity index is 2.46. The molecule has 0 aliphatic heterocycles. The maximum absolute atomic E-state index is 10.7. The lowest BCUT2D eigenvalue weighted by Gasteiger charge is -1.91. The van der Waals surface area contributed by atoms with Crippen molar-refractivity contribution in [2.45, 2.75) is 6.42 Å². The van der Waals surface area contributed by atoms with Crippen LogP contribution in [0.15, 0.2) is 29.0 Å². The van der Waals surface area contributed by atoms with Crippen LogP contribution in [0.5, 0.6) is 0 Å². The predicted molar refractivity (Wildman–Crippen MR) is 55.8 cm³/mol. The summed E-state index contributed by atoms with van der Waals surface area (Å²) < 4.78 is 2.82. The van der Waals surface area contributed by atoms with Crippen LogP contribution in [0, 0.1) is 0 Å². The van der Waals surface area contributed by atoms with Gasteiger partial charge in [-0.15, -0.1) is 0 Å². The number of halogens is 1. The molecule has 0 radical (unpaired) electrons. The van der Waals surface area contributed by atoms with Crippen LogP contribution in [-0.4, -0.2) is 15.3 Å². The van der Waals surface area contributed by atoms with Crippen molar-refractivity contribution in [1.29, 1.82) is 0 Å². The summed E-state index contributed by atoms with van der Waals surface area (Å²) in [5, 5.41) is 0.